The number of hydrogen-bond acceptors (Lipinski definition) is 6. The topological polar surface area (TPSA) is 76.2 Å². The van der Waals surface area contributed by atoms with Gasteiger partial charge in [-0.15, -0.1) is 0 Å². The summed E-state index contributed by atoms with van der Waals surface area (Å²) in [6.07, 6.45) is 0. The fourth-order valence-corrected chi connectivity index (χ4v) is 5.09. The van der Waals surface area contributed by atoms with Crippen molar-refractivity contribution in [2.45, 2.75) is 24.7 Å². The first kappa shape index (κ1) is 20.8. The van der Waals surface area contributed by atoms with Gasteiger partial charge in [0.05, 0.1) is 11.4 Å². The molecule has 1 fully saturated rings. The molecule has 2 aromatic rings. The lowest BCUT2D eigenvalue weighted by Crippen LogP contribution is -2.49. The van der Waals surface area contributed by atoms with Crippen molar-refractivity contribution in [2.24, 2.45) is 0 Å². The third kappa shape index (κ3) is 4.21. The van der Waals surface area contributed by atoms with Gasteiger partial charge in [0, 0.05) is 31.7 Å². The van der Waals surface area contributed by atoms with E-state index in [4.69, 9.17) is 9.47 Å². The van der Waals surface area contributed by atoms with Gasteiger partial charge in [-0.3, -0.25) is 9.69 Å². The largest absolute Gasteiger partial charge is 0.454 e. The van der Waals surface area contributed by atoms with Crippen LogP contribution in [0.4, 0.5) is 0 Å². The van der Waals surface area contributed by atoms with Crippen LogP contribution in [0.5, 0.6) is 11.5 Å². The molecule has 0 spiro atoms. The van der Waals surface area contributed by atoms with Crippen LogP contribution in [0.1, 0.15) is 35.7 Å². The van der Waals surface area contributed by atoms with Crippen LogP contribution in [0, 0.1) is 0 Å². The molecule has 1 saturated heterocycles. The molecule has 2 aliphatic rings. The van der Waals surface area contributed by atoms with Crippen molar-refractivity contribution in [3.05, 3.63) is 53.6 Å². The Labute approximate surface area is 177 Å². The highest BCUT2D eigenvalue weighted by Gasteiger charge is 2.29. The summed E-state index contributed by atoms with van der Waals surface area (Å²) in [7, 11) is -3.52. The normalized spacial score (nSPS) is 17.4. The Balaban J connectivity index is 1.35. The van der Waals surface area contributed by atoms with E-state index >= 15 is 0 Å². The molecule has 0 aromatic heterocycles. The number of sulfonamides is 1. The molecule has 2 aromatic carbocycles. The van der Waals surface area contributed by atoms with Gasteiger partial charge in [-0.2, -0.15) is 4.31 Å². The van der Waals surface area contributed by atoms with Gasteiger partial charge >= 0.3 is 0 Å². The maximum Gasteiger partial charge on any atom is 0.243 e. The summed E-state index contributed by atoms with van der Waals surface area (Å²) < 4.78 is 38.0. The van der Waals surface area contributed by atoms with Crippen molar-refractivity contribution in [1.29, 1.82) is 0 Å². The molecule has 160 valence electrons. The van der Waals surface area contributed by atoms with Crippen molar-refractivity contribution in [1.82, 2.24) is 9.21 Å². The van der Waals surface area contributed by atoms with Crippen LogP contribution in [0.15, 0.2) is 47.4 Å². The van der Waals surface area contributed by atoms with E-state index in [-0.39, 0.29) is 19.1 Å². The molecule has 0 N–H and O–H groups in total. The monoisotopic (exact) mass is 430 g/mol. The van der Waals surface area contributed by atoms with Crippen molar-refractivity contribution < 1.29 is 22.7 Å². The Morgan fingerprint density at radius 1 is 0.967 bits per heavy atom. The molecule has 4 rings (SSSR count). The molecule has 0 amide bonds. The minimum absolute atomic E-state index is 0.0196. The average Bonchev–Trinajstić information content (AvgIpc) is 3.22. The summed E-state index contributed by atoms with van der Waals surface area (Å²) in [5.74, 6) is 1.56. The molecule has 30 heavy (non-hydrogen) atoms. The minimum atomic E-state index is -3.52. The number of Topliss-reactive ketones (excluding diaryl/α,β-unsaturated/α-hetero) is 1. The van der Waals surface area contributed by atoms with Gasteiger partial charge < -0.3 is 9.47 Å². The molecular formula is C22H26N2O5S. The zero-order chi connectivity index (χ0) is 21.3. The van der Waals surface area contributed by atoms with Gasteiger partial charge in [0.2, 0.25) is 16.8 Å². The van der Waals surface area contributed by atoms with Crippen LogP contribution < -0.4 is 9.47 Å². The standard InChI is InChI=1S/C22H26N2O5S/c1-16(2)17-3-6-19(7-4-17)30(26,27)24-11-9-23(10-12-24)14-20(25)18-5-8-21-22(13-18)29-15-28-21/h3-8,13,16H,9-12,14-15H2,1-2H3. The van der Waals surface area contributed by atoms with Gasteiger partial charge in [-0.05, 0) is 41.8 Å². The van der Waals surface area contributed by atoms with E-state index in [0.29, 0.717) is 54.1 Å². The molecule has 8 heteroatoms. The van der Waals surface area contributed by atoms with Gasteiger partial charge in [-0.1, -0.05) is 26.0 Å². The Morgan fingerprint density at radius 3 is 2.30 bits per heavy atom. The molecule has 0 atom stereocenters. The second-order valence-electron chi connectivity index (χ2n) is 7.90. The SMILES string of the molecule is CC(C)c1ccc(S(=O)(=O)N2CCN(CC(=O)c3ccc4c(c3)OCO4)CC2)cc1. The highest BCUT2D eigenvalue weighted by Crippen LogP contribution is 2.32. The van der Waals surface area contributed by atoms with Crippen molar-refractivity contribution in [3.63, 3.8) is 0 Å². The Hall–Kier alpha value is -2.42. The summed E-state index contributed by atoms with van der Waals surface area (Å²) >= 11 is 0. The third-order valence-corrected chi connectivity index (χ3v) is 7.49. The number of ketones is 1. The van der Waals surface area contributed by atoms with E-state index in [0.717, 1.165) is 5.56 Å². The first-order chi connectivity index (χ1) is 14.3. The number of carbonyl (C=O) groups is 1. The number of piperazine rings is 1. The Kier molecular flexibility index (Phi) is 5.81. The maximum atomic E-state index is 12.9. The Bertz CT molecular complexity index is 1030. The number of ether oxygens (including phenoxy) is 2. The van der Waals surface area contributed by atoms with E-state index in [1.54, 1.807) is 30.3 Å². The van der Waals surface area contributed by atoms with Crippen LogP contribution in [0.2, 0.25) is 0 Å². The fraction of sp³-hybridized carbons (Fsp3) is 0.409. The van der Waals surface area contributed by atoms with Crippen molar-refractivity contribution in [2.75, 3.05) is 39.5 Å². The summed E-state index contributed by atoms with van der Waals surface area (Å²) in [5, 5.41) is 0. The highest BCUT2D eigenvalue weighted by molar-refractivity contribution is 7.89. The first-order valence-electron chi connectivity index (χ1n) is 10.1. The summed E-state index contributed by atoms with van der Waals surface area (Å²) in [4.78, 5) is 14.9. The van der Waals surface area contributed by atoms with E-state index in [1.165, 1.54) is 4.31 Å². The summed E-state index contributed by atoms with van der Waals surface area (Å²) in [5.41, 5.74) is 1.68. The number of benzene rings is 2. The number of carbonyl (C=O) groups excluding carboxylic acids is 1. The molecular weight excluding hydrogens is 404 g/mol. The van der Waals surface area contributed by atoms with E-state index in [1.807, 2.05) is 17.0 Å². The second-order valence-corrected chi connectivity index (χ2v) is 9.83. The third-order valence-electron chi connectivity index (χ3n) is 5.58. The van der Waals surface area contributed by atoms with Crippen LogP contribution in [0.3, 0.4) is 0 Å². The number of rotatable bonds is 6. The smallest absolute Gasteiger partial charge is 0.243 e. The van der Waals surface area contributed by atoms with E-state index < -0.39 is 10.0 Å². The summed E-state index contributed by atoms with van der Waals surface area (Å²) in [6.45, 7) is 6.33. The average molecular weight is 431 g/mol. The lowest BCUT2D eigenvalue weighted by Gasteiger charge is -2.33. The molecule has 0 radical (unpaired) electrons. The van der Waals surface area contributed by atoms with Crippen LogP contribution >= 0.6 is 0 Å². The molecule has 2 heterocycles. The lowest BCUT2D eigenvalue weighted by molar-refractivity contribution is 0.0901. The van der Waals surface area contributed by atoms with E-state index in [2.05, 4.69) is 13.8 Å². The van der Waals surface area contributed by atoms with E-state index in [9.17, 15) is 13.2 Å². The molecule has 0 unspecified atom stereocenters. The van der Waals surface area contributed by atoms with Gasteiger partial charge in [0.15, 0.2) is 17.3 Å². The molecule has 0 bridgehead atoms. The number of nitrogens with zero attached hydrogens (tertiary/aromatic N) is 2. The predicted molar refractivity (Wildman–Crippen MR) is 113 cm³/mol. The molecule has 0 saturated carbocycles. The van der Waals surface area contributed by atoms with Crippen LogP contribution in [0.25, 0.3) is 0 Å². The van der Waals surface area contributed by atoms with Gasteiger partial charge in [0.25, 0.3) is 0 Å². The van der Waals surface area contributed by atoms with Crippen molar-refractivity contribution in [3.8, 4) is 11.5 Å². The minimum Gasteiger partial charge on any atom is -0.454 e. The van der Waals surface area contributed by atoms with Gasteiger partial charge in [0.1, 0.15) is 0 Å². The van der Waals surface area contributed by atoms with Crippen molar-refractivity contribution >= 4 is 15.8 Å². The zero-order valence-electron chi connectivity index (χ0n) is 17.2. The first-order valence-corrected chi connectivity index (χ1v) is 11.5. The predicted octanol–water partition coefficient (Wildman–Crippen LogP) is 2.73. The maximum absolute atomic E-state index is 12.9. The Morgan fingerprint density at radius 2 is 1.63 bits per heavy atom. The number of hydrogen-bond donors (Lipinski definition) is 0. The van der Waals surface area contributed by atoms with Crippen LogP contribution in [-0.2, 0) is 10.0 Å². The van der Waals surface area contributed by atoms with Gasteiger partial charge in [-0.25, -0.2) is 8.42 Å². The summed E-state index contributed by atoms with van der Waals surface area (Å²) in [6, 6.07) is 12.3. The fourth-order valence-electron chi connectivity index (χ4n) is 3.67. The molecule has 7 nitrogen and oxygen atoms in total. The zero-order valence-corrected chi connectivity index (χ0v) is 18.0. The highest BCUT2D eigenvalue weighted by atomic mass is 32.2. The second kappa shape index (κ2) is 8.37. The molecule has 0 aliphatic carbocycles. The van der Waals surface area contributed by atoms with Crippen LogP contribution in [-0.4, -0.2) is 62.9 Å². The lowest BCUT2D eigenvalue weighted by atomic mass is 10.0. The number of fused-ring (bicyclic) bond motifs is 1. The quantitative estimate of drug-likeness (QED) is 0.656. The molecule has 2 aliphatic heterocycles.